The molecule has 1 fully saturated rings. The van der Waals surface area contributed by atoms with E-state index in [1.807, 2.05) is 17.5 Å². The number of amides is 1. The fourth-order valence-corrected chi connectivity index (χ4v) is 3.82. The first-order valence-electron chi connectivity index (χ1n) is 6.22. The number of thioether (sulfide) groups is 1. The van der Waals surface area contributed by atoms with E-state index in [9.17, 15) is 9.59 Å². The van der Waals surface area contributed by atoms with Crippen LogP contribution in [0.3, 0.4) is 0 Å². The van der Waals surface area contributed by atoms with E-state index >= 15 is 0 Å². The zero-order valence-corrected chi connectivity index (χ0v) is 12.5. The molecule has 1 aliphatic rings. The third kappa shape index (κ3) is 3.98. The van der Waals surface area contributed by atoms with E-state index in [1.165, 1.54) is 7.11 Å². The van der Waals surface area contributed by atoms with Crippen LogP contribution in [0, 0.1) is 5.92 Å². The summed E-state index contributed by atoms with van der Waals surface area (Å²) in [6.45, 7) is 1.24. The number of piperidine rings is 1. The third-order valence-electron chi connectivity index (χ3n) is 3.14. The largest absolute Gasteiger partial charge is 0.469 e. The van der Waals surface area contributed by atoms with Crippen molar-refractivity contribution < 1.29 is 14.3 Å². The van der Waals surface area contributed by atoms with E-state index in [0.29, 0.717) is 12.3 Å². The van der Waals surface area contributed by atoms with Gasteiger partial charge in [-0.25, -0.2) is 0 Å². The molecule has 6 heteroatoms. The molecule has 1 unspecified atom stereocenters. The standard InChI is InChI=1S/C13H17NO3S2/c1-17-13(16)10-4-2-6-14(8-10)11(15)9-19-12-5-3-7-18-12/h3,5,7,10H,2,4,6,8-9H2,1H3. The van der Waals surface area contributed by atoms with Gasteiger partial charge in [0.15, 0.2) is 0 Å². The lowest BCUT2D eigenvalue weighted by molar-refractivity contribution is -0.148. The summed E-state index contributed by atoms with van der Waals surface area (Å²) in [6, 6.07) is 3.99. The van der Waals surface area contributed by atoms with Crippen LogP contribution in [0.4, 0.5) is 0 Å². The second-order valence-electron chi connectivity index (χ2n) is 4.42. The van der Waals surface area contributed by atoms with Gasteiger partial charge in [0.25, 0.3) is 0 Å². The number of rotatable bonds is 4. The Morgan fingerprint density at radius 3 is 3.11 bits per heavy atom. The number of likely N-dealkylation sites (tertiary alicyclic amines) is 1. The first kappa shape index (κ1) is 14.4. The number of esters is 1. The number of nitrogens with zero attached hydrogens (tertiary/aromatic N) is 1. The van der Waals surface area contributed by atoms with Gasteiger partial charge >= 0.3 is 5.97 Å². The lowest BCUT2D eigenvalue weighted by atomic mass is 9.98. The van der Waals surface area contributed by atoms with E-state index in [-0.39, 0.29) is 17.8 Å². The van der Waals surface area contributed by atoms with Gasteiger partial charge in [-0.05, 0) is 24.3 Å². The van der Waals surface area contributed by atoms with E-state index in [2.05, 4.69) is 0 Å². The van der Waals surface area contributed by atoms with E-state index < -0.39 is 0 Å². The second-order valence-corrected chi connectivity index (χ2v) is 6.65. The highest BCUT2D eigenvalue weighted by molar-refractivity contribution is 8.01. The lowest BCUT2D eigenvalue weighted by Gasteiger charge is -2.31. The molecule has 0 bridgehead atoms. The molecule has 1 saturated heterocycles. The van der Waals surface area contributed by atoms with Crippen molar-refractivity contribution in [2.75, 3.05) is 26.0 Å². The predicted molar refractivity (Wildman–Crippen MR) is 76.4 cm³/mol. The quantitative estimate of drug-likeness (QED) is 0.632. The SMILES string of the molecule is COC(=O)C1CCCN(C(=O)CSc2cccs2)C1. The Morgan fingerprint density at radius 1 is 1.58 bits per heavy atom. The minimum Gasteiger partial charge on any atom is -0.469 e. The zero-order valence-electron chi connectivity index (χ0n) is 10.8. The van der Waals surface area contributed by atoms with E-state index in [0.717, 1.165) is 23.6 Å². The fraction of sp³-hybridized carbons (Fsp3) is 0.538. The molecule has 0 N–H and O–H groups in total. The summed E-state index contributed by atoms with van der Waals surface area (Å²) >= 11 is 3.19. The average Bonchev–Trinajstić information content (AvgIpc) is 2.97. The molecule has 4 nitrogen and oxygen atoms in total. The van der Waals surface area contributed by atoms with Gasteiger partial charge in [-0.3, -0.25) is 9.59 Å². The monoisotopic (exact) mass is 299 g/mol. The van der Waals surface area contributed by atoms with Crippen molar-refractivity contribution in [3.63, 3.8) is 0 Å². The van der Waals surface area contributed by atoms with Crippen LogP contribution in [0.5, 0.6) is 0 Å². The Kier molecular flexibility index (Phi) is 5.27. The summed E-state index contributed by atoms with van der Waals surface area (Å²) < 4.78 is 5.90. The van der Waals surface area contributed by atoms with Crippen LogP contribution in [0.25, 0.3) is 0 Å². The van der Waals surface area contributed by atoms with Crippen LogP contribution in [-0.2, 0) is 14.3 Å². The number of carbonyl (C=O) groups excluding carboxylic acids is 2. The molecular weight excluding hydrogens is 282 g/mol. The van der Waals surface area contributed by atoms with Crippen molar-refractivity contribution in [2.45, 2.75) is 17.1 Å². The first-order chi connectivity index (χ1) is 9.20. The number of hydrogen-bond acceptors (Lipinski definition) is 5. The highest BCUT2D eigenvalue weighted by Gasteiger charge is 2.28. The Labute approximate surface area is 121 Å². The van der Waals surface area contributed by atoms with Crippen molar-refractivity contribution in [1.82, 2.24) is 4.90 Å². The minimum absolute atomic E-state index is 0.104. The molecule has 0 saturated carbocycles. The summed E-state index contributed by atoms with van der Waals surface area (Å²) in [4.78, 5) is 25.4. The molecule has 0 radical (unpaired) electrons. The van der Waals surface area contributed by atoms with Crippen LogP contribution < -0.4 is 0 Å². The van der Waals surface area contributed by atoms with Crippen LogP contribution in [-0.4, -0.2) is 42.7 Å². The maximum atomic E-state index is 12.1. The molecule has 0 aliphatic carbocycles. The molecule has 1 aromatic heterocycles. The van der Waals surface area contributed by atoms with Crippen molar-refractivity contribution in [2.24, 2.45) is 5.92 Å². The van der Waals surface area contributed by atoms with Gasteiger partial charge in [0.05, 0.1) is 23.0 Å². The van der Waals surface area contributed by atoms with Crippen LogP contribution >= 0.6 is 23.1 Å². The predicted octanol–water partition coefficient (Wildman–Crippen LogP) is 2.25. The highest BCUT2D eigenvalue weighted by Crippen LogP contribution is 2.25. The molecule has 1 amide bonds. The van der Waals surface area contributed by atoms with Crippen molar-refractivity contribution in [1.29, 1.82) is 0 Å². The summed E-state index contributed by atoms with van der Waals surface area (Å²) in [5.41, 5.74) is 0. The summed E-state index contributed by atoms with van der Waals surface area (Å²) in [7, 11) is 1.40. The molecule has 1 aromatic rings. The van der Waals surface area contributed by atoms with Gasteiger partial charge in [-0.2, -0.15) is 0 Å². The maximum Gasteiger partial charge on any atom is 0.310 e. The van der Waals surface area contributed by atoms with Crippen molar-refractivity contribution in [3.05, 3.63) is 17.5 Å². The normalized spacial score (nSPS) is 19.2. The van der Waals surface area contributed by atoms with Crippen LogP contribution in [0.15, 0.2) is 21.7 Å². The van der Waals surface area contributed by atoms with Gasteiger partial charge in [-0.1, -0.05) is 6.07 Å². The molecule has 19 heavy (non-hydrogen) atoms. The molecule has 1 aliphatic heterocycles. The van der Waals surface area contributed by atoms with Crippen LogP contribution in [0.2, 0.25) is 0 Å². The van der Waals surface area contributed by atoms with Gasteiger partial charge in [0, 0.05) is 13.1 Å². The molecule has 1 atom stereocenters. The van der Waals surface area contributed by atoms with E-state index in [1.54, 1.807) is 28.0 Å². The molecule has 2 heterocycles. The molecular formula is C13H17NO3S2. The minimum atomic E-state index is -0.205. The Balaban J connectivity index is 1.83. The average molecular weight is 299 g/mol. The smallest absolute Gasteiger partial charge is 0.310 e. The van der Waals surface area contributed by atoms with E-state index in [4.69, 9.17) is 4.74 Å². The number of hydrogen-bond donors (Lipinski definition) is 0. The topological polar surface area (TPSA) is 46.6 Å². The van der Waals surface area contributed by atoms with Crippen molar-refractivity contribution >= 4 is 35.0 Å². The molecule has 0 aromatic carbocycles. The highest BCUT2D eigenvalue weighted by atomic mass is 32.2. The van der Waals surface area contributed by atoms with Gasteiger partial charge in [-0.15, -0.1) is 23.1 Å². The molecule has 104 valence electrons. The second kappa shape index (κ2) is 6.96. The summed E-state index contributed by atoms with van der Waals surface area (Å²) in [6.07, 6.45) is 1.68. The maximum absolute atomic E-state index is 12.1. The Hall–Kier alpha value is -1.01. The fourth-order valence-electron chi connectivity index (χ4n) is 2.13. The summed E-state index contributed by atoms with van der Waals surface area (Å²) in [5, 5.41) is 2.00. The third-order valence-corrected chi connectivity index (χ3v) is 5.26. The zero-order chi connectivity index (χ0) is 13.7. The van der Waals surface area contributed by atoms with Gasteiger partial charge < -0.3 is 9.64 Å². The Morgan fingerprint density at radius 2 is 2.42 bits per heavy atom. The number of thiophene rings is 1. The van der Waals surface area contributed by atoms with Crippen molar-refractivity contribution in [3.8, 4) is 0 Å². The van der Waals surface area contributed by atoms with Crippen LogP contribution in [0.1, 0.15) is 12.8 Å². The van der Waals surface area contributed by atoms with Gasteiger partial charge in [0.1, 0.15) is 0 Å². The lowest BCUT2D eigenvalue weighted by Crippen LogP contribution is -2.43. The first-order valence-corrected chi connectivity index (χ1v) is 8.09. The number of methoxy groups -OCH3 is 1. The molecule has 2 rings (SSSR count). The van der Waals surface area contributed by atoms with Gasteiger partial charge in [0.2, 0.25) is 5.91 Å². The molecule has 0 spiro atoms. The number of carbonyl (C=O) groups is 2. The Bertz CT molecular complexity index is 433. The summed E-state index contributed by atoms with van der Waals surface area (Å²) in [5.74, 6) is 0.179. The number of ether oxygens (including phenoxy) is 1.